The second kappa shape index (κ2) is 3.51. The maximum atomic E-state index is 10.7. The Kier molecular flexibility index (Phi) is 2.35. The molecule has 0 radical (unpaired) electrons. The van der Waals surface area contributed by atoms with E-state index in [4.69, 9.17) is 0 Å². The van der Waals surface area contributed by atoms with Gasteiger partial charge in [-0.25, -0.2) is 0 Å². The van der Waals surface area contributed by atoms with Crippen molar-refractivity contribution in [1.29, 1.82) is 0 Å². The highest BCUT2D eigenvalue weighted by Gasteiger charge is 2.17. The summed E-state index contributed by atoms with van der Waals surface area (Å²) >= 11 is 3.00. The summed E-state index contributed by atoms with van der Waals surface area (Å²) in [4.78, 5) is 13.3. The Bertz CT molecular complexity index is 473. The minimum absolute atomic E-state index is 0.205. The normalized spacial score (nSPS) is 10.4. The molecule has 0 aliphatic carbocycles. The highest BCUT2D eigenvalue weighted by atomic mass is 32.1. The largest absolute Gasteiger partial charge is 0.288 e. The third kappa shape index (κ3) is 1.56. The van der Waals surface area contributed by atoms with Gasteiger partial charge in [0.15, 0.2) is 0 Å². The maximum absolute atomic E-state index is 10.7. The molecule has 0 saturated carbocycles. The molecule has 0 N–H and O–H groups in total. The summed E-state index contributed by atoms with van der Waals surface area (Å²) in [7, 11) is 0. The molecule has 3 nitrogen and oxygen atoms in total. The van der Waals surface area contributed by atoms with E-state index in [1.165, 1.54) is 16.2 Å². The molecule has 2 aromatic heterocycles. The van der Waals surface area contributed by atoms with Gasteiger partial charge in [0, 0.05) is 10.9 Å². The van der Waals surface area contributed by atoms with Gasteiger partial charge in [0.2, 0.25) is 0 Å². The number of rotatable bonds is 2. The second-order valence-electron chi connectivity index (χ2n) is 2.80. The molecule has 0 amide bonds. The lowest BCUT2D eigenvalue weighted by Gasteiger charge is -1.91. The summed E-state index contributed by atoms with van der Waals surface area (Å²) in [5.41, 5.74) is 0.205. The van der Waals surface area contributed by atoms with Crippen LogP contribution in [0.4, 0.5) is 5.69 Å². The van der Waals surface area contributed by atoms with Gasteiger partial charge in [-0.15, -0.1) is 22.7 Å². The van der Waals surface area contributed by atoms with Gasteiger partial charge < -0.3 is 0 Å². The van der Waals surface area contributed by atoms with E-state index in [1.54, 1.807) is 22.8 Å². The van der Waals surface area contributed by atoms with Crippen LogP contribution in [0.5, 0.6) is 0 Å². The predicted octanol–water partition coefficient (Wildman–Crippen LogP) is 3.69. The van der Waals surface area contributed by atoms with Gasteiger partial charge in [0.25, 0.3) is 5.69 Å². The topological polar surface area (TPSA) is 43.1 Å². The molecule has 72 valence electrons. The van der Waals surface area contributed by atoms with Crippen molar-refractivity contribution in [2.24, 2.45) is 0 Å². The van der Waals surface area contributed by atoms with E-state index in [9.17, 15) is 10.1 Å². The van der Waals surface area contributed by atoms with E-state index in [-0.39, 0.29) is 10.6 Å². The Hall–Kier alpha value is -1.20. The van der Waals surface area contributed by atoms with Gasteiger partial charge in [-0.05, 0) is 24.4 Å². The minimum Gasteiger partial charge on any atom is -0.258 e. The van der Waals surface area contributed by atoms with Crippen molar-refractivity contribution < 1.29 is 4.92 Å². The van der Waals surface area contributed by atoms with E-state index >= 15 is 0 Å². The lowest BCUT2D eigenvalue weighted by molar-refractivity contribution is -0.383. The fourth-order valence-electron chi connectivity index (χ4n) is 1.19. The molecule has 0 aliphatic heterocycles. The first-order valence-corrected chi connectivity index (χ1v) is 5.67. The summed E-state index contributed by atoms with van der Waals surface area (Å²) in [6.07, 6.45) is 0. The van der Waals surface area contributed by atoms with Crippen LogP contribution in [-0.4, -0.2) is 4.92 Å². The second-order valence-corrected chi connectivity index (χ2v) is 5.01. The van der Waals surface area contributed by atoms with E-state index in [2.05, 4.69) is 0 Å². The fraction of sp³-hybridized carbons (Fsp3) is 0.111. The fourth-order valence-corrected chi connectivity index (χ4v) is 3.05. The van der Waals surface area contributed by atoms with Crippen LogP contribution < -0.4 is 0 Å². The van der Waals surface area contributed by atoms with Gasteiger partial charge in [-0.1, -0.05) is 0 Å². The van der Waals surface area contributed by atoms with Crippen molar-refractivity contribution in [2.75, 3.05) is 0 Å². The summed E-state index contributed by atoms with van der Waals surface area (Å²) < 4.78 is 0. The summed E-state index contributed by atoms with van der Waals surface area (Å²) in [5, 5.41) is 12.4. The molecule has 0 fully saturated rings. The number of hydrogen-bond donors (Lipinski definition) is 0. The molecule has 0 bridgehead atoms. The molecule has 0 aromatic carbocycles. The van der Waals surface area contributed by atoms with Crippen LogP contribution in [0.15, 0.2) is 23.6 Å². The van der Waals surface area contributed by atoms with Gasteiger partial charge in [-0.3, -0.25) is 10.1 Å². The van der Waals surface area contributed by atoms with Crippen LogP contribution in [0.1, 0.15) is 4.88 Å². The molecule has 0 aliphatic rings. The zero-order chi connectivity index (χ0) is 10.1. The number of aryl methyl sites for hydroxylation is 1. The quantitative estimate of drug-likeness (QED) is 0.577. The molecule has 2 aromatic rings. The van der Waals surface area contributed by atoms with Crippen LogP contribution in [0.25, 0.3) is 9.75 Å². The Balaban J connectivity index is 2.51. The molecular weight excluding hydrogens is 218 g/mol. The van der Waals surface area contributed by atoms with Crippen molar-refractivity contribution >= 4 is 28.4 Å². The number of nitro groups is 1. The summed E-state index contributed by atoms with van der Waals surface area (Å²) in [5.74, 6) is 0. The molecule has 14 heavy (non-hydrogen) atoms. The standard InChI is InChI=1S/C9H7NO2S2/c1-6-2-3-8(14-6)9-7(10(11)12)4-5-13-9/h2-5H,1H3. The molecule has 0 atom stereocenters. The maximum Gasteiger partial charge on any atom is 0.288 e. The van der Waals surface area contributed by atoms with Crippen LogP contribution in [-0.2, 0) is 0 Å². The monoisotopic (exact) mass is 225 g/mol. The zero-order valence-electron chi connectivity index (χ0n) is 7.39. The number of thiophene rings is 2. The van der Waals surface area contributed by atoms with E-state index < -0.39 is 0 Å². The Morgan fingerprint density at radius 2 is 2.14 bits per heavy atom. The molecule has 0 unspecified atom stereocenters. The Morgan fingerprint density at radius 3 is 2.71 bits per heavy atom. The smallest absolute Gasteiger partial charge is 0.258 e. The summed E-state index contributed by atoms with van der Waals surface area (Å²) in [6.45, 7) is 1.99. The molecule has 0 saturated heterocycles. The first-order valence-electron chi connectivity index (χ1n) is 3.97. The van der Waals surface area contributed by atoms with E-state index in [1.807, 2.05) is 19.1 Å². The summed E-state index contributed by atoms with van der Waals surface area (Å²) in [6, 6.07) is 5.46. The van der Waals surface area contributed by atoms with Gasteiger partial charge in [0.1, 0.15) is 4.88 Å². The van der Waals surface area contributed by atoms with Crippen molar-refractivity contribution in [3.63, 3.8) is 0 Å². The van der Waals surface area contributed by atoms with Crippen LogP contribution in [0, 0.1) is 17.0 Å². The Labute approximate surface area is 88.8 Å². The molecular formula is C9H7NO2S2. The van der Waals surface area contributed by atoms with Gasteiger partial charge >= 0.3 is 0 Å². The SMILES string of the molecule is Cc1ccc(-c2sccc2[N+](=O)[O-])s1. The zero-order valence-corrected chi connectivity index (χ0v) is 9.02. The van der Waals surface area contributed by atoms with Crippen molar-refractivity contribution in [3.05, 3.63) is 38.6 Å². The van der Waals surface area contributed by atoms with E-state index in [0.29, 0.717) is 0 Å². The first kappa shape index (κ1) is 9.36. The average molecular weight is 225 g/mol. The number of nitrogens with zero attached hydrogens (tertiary/aromatic N) is 1. The van der Waals surface area contributed by atoms with Gasteiger partial charge in [0.05, 0.1) is 9.80 Å². The van der Waals surface area contributed by atoms with Crippen molar-refractivity contribution in [1.82, 2.24) is 0 Å². The van der Waals surface area contributed by atoms with Crippen LogP contribution in [0.3, 0.4) is 0 Å². The highest BCUT2D eigenvalue weighted by Crippen LogP contribution is 2.38. The third-order valence-electron chi connectivity index (χ3n) is 1.81. The predicted molar refractivity (Wildman–Crippen MR) is 59.0 cm³/mol. The lowest BCUT2D eigenvalue weighted by atomic mass is 10.3. The highest BCUT2D eigenvalue weighted by molar-refractivity contribution is 7.21. The van der Waals surface area contributed by atoms with Gasteiger partial charge in [-0.2, -0.15) is 0 Å². The number of hydrogen-bond acceptors (Lipinski definition) is 4. The molecule has 5 heteroatoms. The van der Waals surface area contributed by atoms with Crippen molar-refractivity contribution in [3.8, 4) is 9.75 Å². The molecule has 2 rings (SSSR count). The Morgan fingerprint density at radius 1 is 1.36 bits per heavy atom. The van der Waals surface area contributed by atoms with Crippen molar-refractivity contribution in [2.45, 2.75) is 6.92 Å². The molecule has 0 spiro atoms. The van der Waals surface area contributed by atoms with Crippen LogP contribution >= 0.6 is 22.7 Å². The molecule has 2 heterocycles. The lowest BCUT2D eigenvalue weighted by Crippen LogP contribution is -1.85. The van der Waals surface area contributed by atoms with Crippen LogP contribution in [0.2, 0.25) is 0 Å². The van der Waals surface area contributed by atoms with E-state index in [0.717, 1.165) is 9.75 Å². The minimum atomic E-state index is -0.332. The first-order chi connectivity index (χ1) is 6.68. The average Bonchev–Trinajstić information content (AvgIpc) is 2.70. The third-order valence-corrected chi connectivity index (χ3v) is 3.89.